The van der Waals surface area contributed by atoms with E-state index in [1.165, 1.54) is 18.2 Å². The molecule has 0 aliphatic heterocycles. The Morgan fingerprint density at radius 2 is 1.82 bits per heavy atom. The summed E-state index contributed by atoms with van der Waals surface area (Å²) in [4.78, 5) is 11.9. The largest absolute Gasteiger partial charge is 0.294 e. The van der Waals surface area contributed by atoms with E-state index >= 15 is 0 Å². The molecule has 0 aliphatic carbocycles. The molecular formula is C14H10ClFO. The van der Waals surface area contributed by atoms with Gasteiger partial charge in [-0.15, -0.1) is 0 Å². The molecule has 0 spiro atoms. The van der Waals surface area contributed by atoms with E-state index in [-0.39, 0.29) is 17.2 Å². The number of carbonyl (C=O) groups is 1. The zero-order valence-corrected chi connectivity index (χ0v) is 9.75. The summed E-state index contributed by atoms with van der Waals surface area (Å²) >= 11 is 5.56. The average molecular weight is 249 g/mol. The number of halogens is 2. The van der Waals surface area contributed by atoms with Gasteiger partial charge in [-0.25, -0.2) is 4.39 Å². The van der Waals surface area contributed by atoms with Crippen LogP contribution in [0.2, 0.25) is 5.02 Å². The number of hydrogen-bond acceptors (Lipinski definition) is 1. The van der Waals surface area contributed by atoms with E-state index < -0.39 is 5.82 Å². The second-order valence-corrected chi connectivity index (χ2v) is 4.12. The first kappa shape index (κ1) is 11.8. The molecule has 0 saturated heterocycles. The maximum absolute atomic E-state index is 13.2. The lowest BCUT2D eigenvalue weighted by atomic mass is 10.0. The van der Waals surface area contributed by atoms with E-state index in [9.17, 15) is 9.18 Å². The second kappa shape index (κ2) is 5.11. The predicted octanol–water partition coefficient (Wildman–Crippen LogP) is 3.90. The number of ketones is 1. The van der Waals surface area contributed by atoms with Crippen molar-refractivity contribution in [3.05, 3.63) is 70.5 Å². The molecule has 0 heterocycles. The Morgan fingerprint density at radius 3 is 2.47 bits per heavy atom. The molecule has 0 fully saturated rings. The van der Waals surface area contributed by atoms with Crippen molar-refractivity contribution < 1.29 is 9.18 Å². The van der Waals surface area contributed by atoms with E-state index in [0.717, 1.165) is 5.56 Å². The Kier molecular flexibility index (Phi) is 3.55. The molecule has 0 radical (unpaired) electrons. The first-order valence-corrected chi connectivity index (χ1v) is 5.57. The van der Waals surface area contributed by atoms with Crippen LogP contribution in [0.25, 0.3) is 0 Å². The van der Waals surface area contributed by atoms with Gasteiger partial charge in [0.15, 0.2) is 5.78 Å². The Hall–Kier alpha value is -1.67. The first-order valence-electron chi connectivity index (χ1n) is 5.19. The molecule has 0 N–H and O–H groups in total. The van der Waals surface area contributed by atoms with E-state index in [1.54, 1.807) is 0 Å². The van der Waals surface area contributed by atoms with Gasteiger partial charge in [0.25, 0.3) is 0 Å². The Balaban J connectivity index is 2.18. The van der Waals surface area contributed by atoms with Crippen LogP contribution in [-0.2, 0) is 6.42 Å². The van der Waals surface area contributed by atoms with Crippen LogP contribution in [0.15, 0.2) is 48.5 Å². The summed E-state index contributed by atoms with van der Waals surface area (Å²) in [5.41, 5.74) is 1.25. The maximum atomic E-state index is 13.2. The van der Waals surface area contributed by atoms with Gasteiger partial charge in [-0.05, 0) is 23.8 Å². The van der Waals surface area contributed by atoms with Crippen LogP contribution in [-0.4, -0.2) is 5.78 Å². The number of carbonyl (C=O) groups excluding carboxylic acids is 1. The maximum Gasteiger partial charge on any atom is 0.167 e. The monoisotopic (exact) mass is 248 g/mol. The van der Waals surface area contributed by atoms with Gasteiger partial charge in [0.1, 0.15) is 5.82 Å². The highest BCUT2D eigenvalue weighted by Crippen LogP contribution is 2.17. The third-order valence-electron chi connectivity index (χ3n) is 2.45. The zero-order valence-electron chi connectivity index (χ0n) is 8.99. The zero-order chi connectivity index (χ0) is 12.3. The molecule has 0 amide bonds. The second-order valence-electron chi connectivity index (χ2n) is 3.71. The number of benzene rings is 2. The highest BCUT2D eigenvalue weighted by atomic mass is 35.5. The van der Waals surface area contributed by atoms with Gasteiger partial charge < -0.3 is 0 Å². The summed E-state index contributed by atoms with van der Waals surface area (Å²) < 4.78 is 13.2. The fourth-order valence-electron chi connectivity index (χ4n) is 1.55. The smallest absolute Gasteiger partial charge is 0.167 e. The molecule has 0 unspecified atom stereocenters. The van der Waals surface area contributed by atoms with Crippen molar-refractivity contribution in [2.75, 3.05) is 0 Å². The van der Waals surface area contributed by atoms with Crippen molar-refractivity contribution in [2.24, 2.45) is 0 Å². The molecule has 0 bridgehead atoms. The summed E-state index contributed by atoms with van der Waals surface area (Å²) in [5, 5.41) is 0.0289. The quantitative estimate of drug-likeness (QED) is 0.753. The summed E-state index contributed by atoms with van der Waals surface area (Å²) in [5.74, 6) is -0.683. The van der Waals surface area contributed by atoms with Crippen LogP contribution in [0.4, 0.5) is 4.39 Å². The molecule has 0 saturated carbocycles. The van der Waals surface area contributed by atoms with Gasteiger partial charge in [0, 0.05) is 12.0 Å². The fourth-order valence-corrected chi connectivity index (χ4v) is 1.67. The third-order valence-corrected chi connectivity index (χ3v) is 2.76. The number of hydrogen-bond donors (Lipinski definition) is 0. The lowest BCUT2D eigenvalue weighted by molar-refractivity contribution is 0.0992. The molecule has 86 valence electrons. The van der Waals surface area contributed by atoms with Crippen LogP contribution in [0.3, 0.4) is 0 Å². The highest BCUT2D eigenvalue weighted by Gasteiger charge is 2.09. The van der Waals surface area contributed by atoms with Crippen LogP contribution < -0.4 is 0 Å². The molecule has 3 heteroatoms. The number of Topliss-reactive ketones (excluding diaryl/α,β-unsaturated/α-hetero) is 1. The van der Waals surface area contributed by atoms with Crippen LogP contribution >= 0.6 is 11.6 Å². The Labute approximate surface area is 104 Å². The van der Waals surface area contributed by atoms with Crippen molar-refractivity contribution in [1.29, 1.82) is 0 Å². The van der Waals surface area contributed by atoms with Gasteiger partial charge in [-0.1, -0.05) is 41.9 Å². The molecule has 1 nitrogen and oxygen atoms in total. The molecule has 0 atom stereocenters. The average Bonchev–Trinajstić information content (AvgIpc) is 2.34. The van der Waals surface area contributed by atoms with Crippen molar-refractivity contribution in [1.82, 2.24) is 0 Å². The fraction of sp³-hybridized carbons (Fsp3) is 0.0714. The summed E-state index contributed by atoms with van der Waals surface area (Å²) in [6.45, 7) is 0. The first-order chi connectivity index (χ1) is 8.16. The standard InChI is InChI=1S/C14H10ClFO/c15-12-7-6-11(9-13(12)16)14(17)8-10-4-2-1-3-5-10/h1-7,9H,8H2. The van der Waals surface area contributed by atoms with Crippen LogP contribution in [0.5, 0.6) is 0 Å². The molecule has 2 aromatic rings. The van der Waals surface area contributed by atoms with Gasteiger partial charge in [-0.3, -0.25) is 4.79 Å². The Morgan fingerprint density at radius 1 is 1.12 bits per heavy atom. The van der Waals surface area contributed by atoms with E-state index in [2.05, 4.69) is 0 Å². The summed E-state index contributed by atoms with van der Waals surface area (Å²) in [6, 6.07) is 13.5. The molecule has 2 rings (SSSR count). The van der Waals surface area contributed by atoms with Crippen LogP contribution in [0, 0.1) is 5.82 Å². The normalized spacial score (nSPS) is 10.2. The summed E-state index contributed by atoms with van der Waals surface area (Å²) in [6.07, 6.45) is 0.266. The van der Waals surface area contributed by atoms with Crippen LogP contribution in [0.1, 0.15) is 15.9 Å². The van der Waals surface area contributed by atoms with E-state index in [4.69, 9.17) is 11.6 Å². The van der Waals surface area contributed by atoms with Crippen molar-refractivity contribution >= 4 is 17.4 Å². The minimum absolute atomic E-state index is 0.0289. The van der Waals surface area contributed by atoms with Gasteiger partial charge in [0.05, 0.1) is 5.02 Å². The minimum Gasteiger partial charge on any atom is -0.294 e. The van der Waals surface area contributed by atoms with E-state index in [0.29, 0.717) is 5.56 Å². The summed E-state index contributed by atoms with van der Waals surface area (Å²) in [7, 11) is 0. The van der Waals surface area contributed by atoms with Gasteiger partial charge in [0.2, 0.25) is 0 Å². The van der Waals surface area contributed by atoms with Crippen molar-refractivity contribution in [3.8, 4) is 0 Å². The topological polar surface area (TPSA) is 17.1 Å². The molecule has 17 heavy (non-hydrogen) atoms. The minimum atomic E-state index is -0.564. The lowest BCUT2D eigenvalue weighted by Gasteiger charge is -2.02. The molecule has 2 aromatic carbocycles. The lowest BCUT2D eigenvalue weighted by Crippen LogP contribution is -2.03. The van der Waals surface area contributed by atoms with E-state index in [1.807, 2.05) is 30.3 Å². The van der Waals surface area contributed by atoms with Crippen molar-refractivity contribution in [2.45, 2.75) is 6.42 Å². The SMILES string of the molecule is O=C(Cc1ccccc1)c1ccc(Cl)c(F)c1. The molecular weight excluding hydrogens is 239 g/mol. The molecule has 0 aliphatic rings. The predicted molar refractivity (Wildman–Crippen MR) is 65.9 cm³/mol. The highest BCUT2D eigenvalue weighted by molar-refractivity contribution is 6.30. The third kappa shape index (κ3) is 2.92. The molecule has 0 aromatic heterocycles. The van der Waals surface area contributed by atoms with Crippen molar-refractivity contribution in [3.63, 3.8) is 0 Å². The van der Waals surface area contributed by atoms with Gasteiger partial charge >= 0.3 is 0 Å². The number of rotatable bonds is 3. The van der Waals surface area contributed by atoms with Gasteiger partial charge in [-0.2, -0.15) is 0 Å². The Bertz CT molecular complexity index is 537.